The third kappa shape index (κ3) is 7.36. The minimum Gasteiger partial charge on any atom is -0.480 e. The second kappa shape index (κ2) is 10.9. The zero-order valence-electron chi connectivity index (χ0n) is 15.4. The van der Waals surface area contributed by atoms with Crippen molar-refractivity contribution in [3.63, 3.8) is 0 Å². The van der Waals surface area contributed by atoms with E-state index in [9.17, 15) is 9.59 Å². The number of ether oxygens (including phenoxy) is 1. The summed E-state index contributed by atoms with van der Waals surface area (Å²) in [5, 5.41) is 10.8. The van der Waals surface area contributed by atoms with Gasteiger partial charge in [0.25, 0.3) is 0 Å². The molecule has 0 aliphatic rings. The zero-order valence-corrected chi connectivity index (χ0v) is 15.4. The number of aliphatic carboxylic acids is 1. The number of aryl methyl sites for hydroxylation is 2. The smallest absolute Gasteiger partial charge is 0.328 e. The molecule has 140 valence electrons. The molecule has 2 aromatic carbocycles. The summed E-state index contributed by atoms with van der Waals surface area (Å²) in [5.41, 5.74) is 8.81. The Balaban J connectivity index is 0.000000597. The summed E-state index contributed by atoms with van der Waals surface area (Å²) in [6.07, 6.45) is 0. The molecular formula is C20H26N2O4. The fraction of sp³-hybridized carbons (Fsp3) is 0.300. The second-order valence-corrected chi connectivity index (χ2v) is 5.82. The van der Waals surface area contributed by atoms with Crippen molar-refractivity contribution in [3.8, 4) is 0 Å². The van der Waals surface area contributed by atoms with Gasteiger partial charge >= 0.3 is 11.9 Å². The van der Waals surface area contributed by atoms with Gasteiger partial charge in [-0.1, -0.05) is 48.5 Å². The average Bonchev–Trinajstić information content (AvgIpc) is 2.64. The van der Waals surface area contributed by atoms with Crippen LogP contribution in [0, 0.1) is 13.8 Å². The third-order valence-electron chi connectivity index (χ3n) is 3.59. The first-order chi connectivity index (χ1) is 12.3. The molecule has 0 aliphatic carbocycles. The van der Waals surface area contributed by atoms with Crippen molar-refractivity contribution < 1.29 is 19.4 Å². The molecule has 0 heterocycles. The van der Waals surface area contributed by atoms with Crippen LogP contribution in [0.25, 0.3) is 0 Å². The first-order valence-electron chi connectivity index (χ1n) is 8.30. The quantitative estimate of drug-likeness (QED) is 0.686. The molecule has 0 saturated carbocycles. The summed E-state index contributed by atoms with van der Waals surface area (Å²) in [4.78, 5) is 21.3. The first kappa shape index (κ1) is 21.2. The minimum absolute atomic E-state index is 0.249. The Bertz CT molecular complexity index is 697. The van der Waals surface area contributed by atoms with E-state index in [0.717, 1.165) is 22.4 Å². The number of nitrogens with one attached hydrogen (secondary N) is 1. The van der Waals surface area contributed by atoms with E-state index in [1.165, 1.54) is 0 Å². The van der Waals surface area contributed by atoms with Crippen molar-refractivity contribution in [2.45, 2.75) is 33.4 Å². The van der Waals surface area contributed by atoms with Gasteiger partial charge < -0.3 is 20.9 Å². The molecular weight excluding hydrogens is 332 g/mol. The van der Waals surface area contributed by atoms with Gasteiger partial charge in [-0.25, -0.2) is 4.79 Å². The van der Waals surface area contributed by atoms with Crippen LogP contribution >= 0.6 is 0 Å². The van der Waals surface area contributed by atoms with Crippen LogP contribution in [-0.4, -0.2) is 29.6 Å². The maximum absolute atomic E-state index is 12.1. The molecule has 26 heavy (non-hydrogen) atoms. The number of hydrogen-bond donors (Lipinski definition) is 3. The zero-order chi connectivity index (χ0) is 19.5. The summed E-state index contributed by atoms with van der Waals surface area (Å²) in [5.74, 6) is -1.22. The number of rotatable bonds is 6. The topological polar surface area (TPSA) is 102 Å². The summed E-state index contributed by atoms with van der Waals surface area (Å²) in [6.45, 7) is 5.90. The lowest BCUT2D eigenvalue weighted by atomic mass is 10.1. The molecule has 1 atom stereocenters. The van der Waals surface area contributed by atoms with Crippen molar-refractivity contribution >= 4 is 17.6 Å². The van der Waals surface area contributed by atoms with Crippen LogP contribution in [0.2, 0.25) is 0 Å². The van der Waals surface area contributed by atoms with E-state index < -0.39 is 5.97 Å². The van der Waals surface area contributed by atoms with Gasteiger partial charge in [0, 0.05) is 5.69 Å². The number of carbonyl (C=O) groups excluding carboxylic acids is 1. The van der Waals surface area contributed by atoms with E-state index in [4.69, 9.17) is 9.84 Å². The van der Waals surface area contributed by atoms with Crippen molar-refractivity contribution in [2.24, 2.45) is 5.73 Å². The van der Waals surface area contributed by atoms with Gasteiger partial charge in [-0.05, 0) is 37.5 Å². The summed E-state index contributed by atoms with van der Waals surface area (Å²) in [7, 11) is 0. The lowest BCUT2D eigenvalue weighted by Gasteiger charge is -2.18. The van der Waals surface area contributed by atoms with Crippen molar-refractivity contribution in [1.29, 1.82) is 0 Å². The molecule has 0 spiro atoms. The van der Waals surface area contributed by atoms with Crippen LogP contribution in [0.15, 0.2) is 48.5 Å². The largest absolute Gasteiger partial charge is 0.480 e. The van der Waals surface area contributed by atoms with Gasteiger partial charge in [0.2, 0.25) is 0 Å². The van der Waals surface area contributed by atoms with Crippen LogP contribution in [0.3, 0.4) is 0 Å². The van der Waals surface area contributed by atoms with Gasteiger partial charge in [0.05, 0.1) is 6.54 Å². The standard InChI is InChI=1S/C18H21NO2.C2H5NO2/c1-13-8-7-9-14(2)17(13)19-15(3)18(20)21-12-16-10-5-4-6-11-16;3-1-2(4)5/h4-11,15,19H,12H2,1-3H3;1,3H2,(H,4,5)/t15-;/m0./s1. The summed E-state index contributed by atoms with van der Waals surface area (Å²) in [6, 6.07) is 15.4. The number of carboxylic acids is 1. The van der Waals surface area contributed by atoms with Gasteiger partial charge in [-0.3, -0.25) is 4.79 Å². The Morgan fingerprint density at radius 2 is 1.62 bits per heavy atom. The molecule has 0 bridgehead atoms. The van der Waals surface area contributed by atoms with Crippen LogP contribution in [0.4, 0.5) is 5.69 Å². The molecule has 6 heteroatoms. The Labute approximate surface area is 154 Å². The van der Waals surface area contributed by atoms with E-state index in [1.54, 1.807) is 0 Å². The van der Waals surface area contributed by atoms with E-state index >= 15 is 0 Å². The van der Waals surface area contributed by atoms with Crippen molar-refractivity contribution in [2.75, 3.05) is 11.9 Å². The minimum atomic E-state index is -0.968. The molecule has 4 N–H and O–H groups in total. The molecule has 2 rings (SSSR count). The molecule has 0 saturated heterocycles. The lowest BCUT2D eigenvalue weighted by Crippen LogP contribution is -2.28. The molecule has 6 nitrogen and oxygen atoms in total. The average molecular weight is 358 g/mol. The number of anilines is 1. The van der Waals surface area contributed by atoms with Gasteiger partial charge in [0.15, 0.2) is 0 Å². The molecule has 2 aromatic rings. The predicted molar refractivity (Wildman–Crippen MR) is 102 cm³/mol. The number of para-hydroxylation sites is 1. The monoisotopic (exact) mass is 358 g/mol. The van der Waals surface area contributed by atoms with E-state index in [-0.39, 0.29) is 18.6 Å². The SMILES string of the molecule is Cc1cccc(C)c1N[C@@H](C)C(=O)OCc1ccccc1.NCC(=O)O. The highest BCUT2D eigenvalue weighted by atomic mass is 16.5. The molecule has 0 aromatic heterocycles. The van der Waals surface area contributed by atoms with E-state index in [2.05, 4.69) is 11.1 Å². The number of benzene rings is 2. The van der Waals surface area contributed by atoms with Crippen LogP contribution in [0.1, 0.15) is 23.6 Å². The highest BCUT2D eigenvalue weighted by molar-refractivity contribution is 5.79. The normalized spacial score (nSPS) is 10.9. The third-order valence-corrected chi connectivity index (χ3v) is 3.59. The number of carboxylic acid groups (broad SMARTS) is 1. The molecule has 0 aliphatic heterocycles. The maximum atomic E-state index is 12.1. The van der Waals surface area contributed by atoms with Gasteiger partial charge in [-0.2, -0.15) is 0 Å². The van der Waals surface area contributed by atoms with Crippen LogP contribution in [-0.2, 0) is 20.9 Å². The molecule has 0 unspecified atom stereocenters. The number of carbonyl (C=O) groups is 2. The lowest BCUT2D eigenvalue weighted by molar-refractivity contribution is -0.145. The Morgan fingerprint density at radius 3 is 2.12 bits per heavy atom. The summed E-state index contributed by atoms with van der Waals surface area (Å²) >= 11 is 0. The fourth-order valence-electron chi connectivity index (χ4n) is 2.17. The highest BCUT2D eigenvalue weighted by Gasteiger charge is 2.16. The number of esters is 1. The molecule has 0 radical (unpaired) electrons. The number of nitrogens with two attached hydrogens (primary N) is 1. The van der Waals surface area contributed by atoms with Crippen LogP contribution in [0.5, 0.6) is 0 Å². The highest BCUT2D eigenvalue weighted by Crippen LogP contribution is 2.20. The molecule has 0 amide bonds. The Morgan fingerprint density at radius 1 is 1.08 bits per heavy atom. The maximum Gasteiger partial charge on any atom is 0.328 e. The van der Waals surface area contributed by atoms with Gasteiger partial charge in [0.1, 0.15) is 12.6 Å². The van der Waals surface area contributed by atoms with Gasteiger partial charge in [-0.15, -0.1) is 0 Å². The second-order valence-electron chi connectivity index (χ2n) is 5.82. The van der Waals surface area contributed by atoms with E-state index in [0.29, 0.717) is 6.61 Å². The van der Waals surface area contributed by atoms with Crippen molar-refractivity contribution in [1.82, 2.24) is 0 Å². The van der Waals surface area contributed by atoms with Crippen molar-refractivity contribution in [3.05, 3.63) is 65.2 Å². The van der Waals surface area contributed by atoms with Crippen LogP contribution < -0.4 is 11.1 Å². The molecule has 0 fully saturated rings. The Kier molecular flexibility index (Phi) is 8.87. The fourth-order valence-corrected chi connectivity index (χ4v) is 2.17. The van der Waals surface area contributed by atoms with E-state index in [1.807, 2.05) is 69.3 Å². The summed E-state index contributed by atoms with van der Waals surface area (Å²) < 4.78 is 5.34. The number of hydrogen-bond acceptors (Lipinski definition) is 5. The first-order valence-corrected chi connectivity index (χ1v) is 8.30. The predicted octanol–water partition coefficient (Wildman–Crippen LogP) is 2.88. The Hall–Kier alpha value is -2.86.